The lowest BCUT2D eigenvalue weighted by Crippen LogP contribution is -2.40. The molecule has 94 valence electrons. The fourth-order valence-corrected chi connectivity index (χ4v) is 2.22. The van der Waals surface area contributed by atoms with Crippen molar-refractivity contribution in [2.24, 2.45) is 0 Å². The van der Waals surface area contributed by atoms with Crippen molar-refractivity contribution in [1.82, 2.24) is 0 Å². The van der Waals surface area contributed by atoms with E-state index in [-0.39, 0.29) is 5.78 Å². The SMILES string of the molecule is CC.O=C(c1ccccc1)C1(O)CCCCC1. The van der Waals surface area contributed by atoms with Crippen molar-refractivity contribution in [1.29, 1.82) is 0 Å². The summed E-state index contributed by atoms with van der Waals surface area (Å²) in [5, 5.41) is 10.2. The molecule has 0 heterocycles. The van der Waals surface area contributed by atoms with E-state index in [1.807, 2.05) is 32.0 Å². The van der Waals surface area contributed by atoms with Crippen LogP contribution in [0.15, 0.2) is 30.3 Å². The third-order valence-electron chi connectivity index (χ3n) is 3.14. The summed E-state index contributed by atoms with van der Waals surface area (Å²) in [5.41, 5.74) is -0.471. The fourth-order valence-electron chi connectivity index (χ4n) is 2.22. The fraction of sp³-hybridized carbons (Fsp3) is 0.533. The molecule has 1 fully saturated rings. The van der Waals surface area contributed by atoms with Crippen LogP contribution >= 0.6 is 0 Å². The number of benzene rings is 1. The Bertz CT molecular complexity index is 337. The summed E-state index contributed by atoms with van der Waals surface area (Å²) in [5.74, 6) is -0.109. The van der Waals surface area contributed by atoms with E-state index >= 15 is 0 Å². The van der Waals surface area contributed by atoms with Gasteiger partial charge in [0.05, 0.1) is 0 Å². The highest BCUT2D eigenvalue weighted by atomic mass is 16.3. The van der Waals surface area contributed by atoms with Crippen molar-refractivity contribution in [2.75, 3.05) is 0 Å². The predicted octanol–water partition coefficient (Wildman–Crippen LogP) is 3.59. The summed E-state index contributed by atoms with van der Waals surface area (Å²) in [6.07, 6.45) is 4.26. The Morgan fingerprint density at radius 2 is 1.59 bits per heavy atom. The molecule has 1 aliphatic rings. The van der Waals surface area contributed by atoms with Gasteiger partial charge in [0.2, 0.25) is 0 Å². The van der Waals surface area contributed by atoms with Gasteiger partial charge in [0.1, 0.15) is 5.60 Å². The van der Waals surface area contributed by atoms with Crippen LogP contribution in [0.5, 0.6) is 0 Å². The Morgan fingerprint density at radius 3 is 2.12 bits per heavy atom. The zero-order valence-corrected chi connectivity index (χ0v) is 10.8. The second kappa shape index (κ2) is 6.55. The van der Waals surface area contributed by atoms with Crippen molar-refractivity contribution < 1.29 is 9.90 Å². The molecular formula is C15H22O2. The molecule has 0 unspecified atom stereocenters. The van der Waals surface area contributed by atoms with Crippen molar-refractivity contribution in [2.45, 2.75) is 51.6 Å². The molecule has 0 saturated heterocycles. The van der Waals surface area contributed by atoms with Gasteiger partial charge in [0.25, 0.3) is 0 Å². The van der Waals surface area contributed by atoms with Crippen LogP contribution in [0.1, 0.15) is 56.3 Å². The summed E-state index contributed by atoms with van der Waals surface area (Å²) in [6, 6.07) is 9.09. The van der Waals surface area contributed by atoms with Gasteiger partial charge >= 0.3 is 0 Å². The molecular weight excluding hydrogens is 212 g/mol. The van der Waals surface area contributed by atoms with Crippen molar-refractivity contribution >= 4 is 5.78 Å². The van der Waals surface area contributed by atoms with Crippen LogP contribution in [0.3, 0.4) is 0 Å². The van der Waals surface area contributed by atoms with E-state index in [9.17, 15) is 9.90 Å². The maximum atomic E-state index is 12.1. The maximum Gasteiger partial charge on any atom is 0.194 e. The number of aliphatic hydroxyl groups is 1. The Labute approximate surface area is 104 Å². The van der Waals surface area contributed by atoms with Crippen molar-refractivity contribution in [3.05, 3.63) is 35.9 Å². The zero-order chi connectivity index (χ0) is 12.7. The molecule has 0 aromatic heterocycles. The smallest absolute Gasteiger partial charge is 0.194 e. The molecule has 1 aromatic carbocycles. The molecule has 0 aliphatic heterocycles. The van der Waals surface area contributed by atoms with Crippen molar-refractivity contribution in [3.8, 4) is 0 Å². The van der Waals surface area contributed by atoms with Crippen LogP contribution in [0, 0.1) is 0 Å². The number of Topliss-reactive ketones (excluding diaryl/α,β-unsaturated/α-hetero) is 1. The molecule has 0 radical (unpaired) electrons. The average Bonchev–Trinajstić information content (AvgIpc) is 2.42. The highest BCUT2D eigenvalue weighted by molar-refractivity contribution is 6.02. The maximum absolute atomic E-state index is 12.1. The van der Waals surface area contributed by atoms with Gasteiger partial charge in [-0.2, -0.15) is 0 Å². The molecule has 0 amide bonds. The van der Waals surface area contributed by atoms with Gasteiger partial charge in [-0.05, 0) is 12.8 Å². The molecule has 0 bridgehead atoms. The summed E-state index contributed by atoms with van der Waals surface area (Å²) in [6.45, 7) is 4.00. The third-order valence-corrected chi connectivity index (χ3v) is 3.14. The lowest BCUT2D eigenvalue weighted by molar-refractivity contribution is 0.0116. The van der Waals surface area contributed by atoms with E-state index < -0.39 is 5.60 Å². The van der Waals surface area contributed by atoms with E-state index in [1.165, 1.54) is 0 Å². The molecule has 1 aromatic rings. The van der Waals surface area contributed by atoms with Crippen LogP contribution in [-0.4, -0.2) is 16.5 Å². The van der Waals surface area contributed by atoms with Gasteiger partial charge in [-0.3, -0.25) is 4.79 Å². The molecule has 1 N–H and O–H groups in total. The first-order chi connectivity index (χ1) is 8.22. The predicted molar refractivity (Wildman–Crippen MR) is 70.2 cm³/mol. The molecule has 1 aliphatic carbocycles. The lowest BCUT2D eigenvalue weighted by atomic mass is 9.79. The standard InChI is InChI=1S/C13H16O2.C2H6/c14-12(11-7-3-1-4-8-11)13(15)9-5-2-6-10-13;1-2/h1,3-4,7-8,15H,2,5-6,9-10H2;1-2H3. The first-order valence-corrected chi connectivity index (χ1v) is 6.55. The van der Waals surface area contributed by atoms with E-state index in [0.717, 1.165) is 19.3 Å². The van der Waals surface area contributed by atoms with Gasteiger partial charge in [0.15, 0.2) is 5.78 Å². The quantitative estimate of drug-likeness (QED) is 0.794. The molecule has 2 heteroatoms. The van der Waals surface area contributed by atoms with Gasteiger partial charge in [-0.1, -0.05) is 63.4 Å². The number of hydrogen-bond donors (Lipinski definition) is 1. The minimum atomic E-state index is -1.10. The van der Waals surface area contributed by atoms with Gasteiger partial charge in [-0.25, -0.2) is 0 Å². The molecule has 1 saturated carbocycles. The summed E-state index contributed by atoms with van der Waals surface area (Å²) >= 11 is 0. The first-order valence-electron chi connectivity index (χ1n) is 6.55. The number of rotatable bonds is 2. The normalized spacial score (nSPS) is 17.8. The largest absolute Gasteiger partial charge is 0.382 e. The minimum Gasteiger partial charge on any atom is -0.382 e. The van der Waals surface area contributed by atoms with Gasteiger partial charge in [0, 0.05) is 5.56 Å². The van der Waals surface area contributed by atoms with Crippen LogP contribution in [0.25, 0.3) is 0 Å². The Morgan fingerprint density at radius 1 is 1.06 bits per heavy atom. The lowest BCUT2D eigenvalue weighted by Gasteiger charge is -2.30. The number of carbonyl (C=O) groups is 1. The van der Waals surface area contributed by atoms with Crippen molar-refractivity contribution in [3.63, 3.8) is 0 Å². The second-order valence-electron chi connectivity index (χ2n) is 4.29. The van der Waals surface area contributed by atoms with Crippen LogP contribution in [0.4, 0.5) is 0 Å². The topological polar surface area (TPSA) is 37.3 Å². The number of hydrogen-bond acceptors (Lipinski definition) is 2. The first kappa shape index (κ1) is 13.9. The molecule has 2 nitrogen and oxygen atoms in total. The number of carbonyl (C=O) groups excluding carboxylic acids is 1. The highest BCUT2D eigenvalue weighted by Crippen LogP contribution is 2.30. The molecule has 0 spiro atoms. The minimum absolute atomic E-state index is 0.109. The molecule has 2 rings (SSSR count). The van der Waals surface area contributed by atoms with E-state index in [4.69, 9.17) is 0 Å². The Kier molecular flexibility index (Phi) is 5.36. The van der Waals surface area contributed by atoms with E-state index in [0.29, 0.717) is 18.4 Å². The Balaban J connectivity index is 0.000000686. The van der Waals surface area contributed by atoms with Gasteiger partial charge in [-0.15, -0.1) is 0 Å². The molecule has 17 heavy (non-hydrogen) atoms. The van der Waals surface area contributed by atoms with Gasteiger partial charge < -0.3 is 5.11 Å². The summed E-state index contributed by atoms with van der Waals surface area (Å²) in [4.78, 5) is 12.1. The van der Waals surface area contributed by atoms with E-state index in [1.54, 1.807) is 12.1 Å². The zero-order valence-electron chi connectivity index (χ0n) is 10.8. The average molecular weight is 234 g/mol. The summed E-state index contributed by atoms with van der Waals surface area (Å²) in [7, 11) is 0. The summed E-state index contributed by atoms with van der Waals surface area (Å²) < 4.78 is 0. The molecule has 0 atom stereocenters. The van der Waals surface area contributed by atoms with Crippen LogP contribution in [-0.2, 0) is 0 Å². The van der Waals surface area contributed by atoms with Crippen LogP contribution in [0.2, 0.25) is 0 Å². The third kappa shape index (κ3) is 3.40. The Hall–Kier alpha value is -1.15. The van der Waals surface area contributed by atoms with E-state index in [2.05, 4.69) is 0 Å². The number of ketones is 1. The monoisotopic (exact) mass is 234 g/mol. The van der Waals surface area contributed by atoms with Crippen LogP contribution < -0.4 is 0 Å². The second-order valence-corrected chi connectivity index (χ2v) is 4.29. The highest BCUT2D eigenvalue weighted by Gasteiger charge is 2.37.